The molecule has 0 radical (unpaired) electrons. The van der Waals surface area contributed by atoms with Crippen LogP contribution in [0.15, 0.2) is 29.2 Å². The van der Waals surface area contributed by atoms with Crippen molar-refractivity contribution in [1.82, 2.24) is 9.78 Å². The quantitative estimate of drug-likeness (QED) is 0.802. The Hall–Kier alpha value is -1.04. The van der Waals surface area contributed by atoms with Crippen LogP contribution in [0, 0.1) is 6.92 Å². The Kier molecular flexibility index (Phi) is 4.42. The molecule has 0 bridgehead atoms. The second-order valence-electron chi connectivity index (χ2n) is 4.50. The van der Waals surface area contributed by atoms with E-state index in [9.17, 15) is 8.42 Å². The molecule has 0 aliphatic rings. The number of rotatable bonds is 4. The fourth-order valence-corrected chi connectivity index (χ4v) is 3.79. The predicted molar refractivity (Wildman–Crippen MR) is 80.3 cm³/mol. The highest BCUT2D eigenvalue weighted by Gasteiger charge is 2.26. The summed E-state index contributed by atoms with van der Waals surface area (Å²) in [5, 5.41) is 4.31. The van der Waals surface area contributed by atoms with Crippen LogP contribution >= 0.6 is 22.3 Å². The Morgan fingerprint density at radius 2 is 1.85 bits per heavy atom. The molecule has 0 amide bonds. The van der Waals surface area contributed by atoms with Crippen LogP contribution in [0.2, 0.25) is 5.15 Å². The largest absolute Gasteiger partial charge is 0.266 e. The summed E-state index contributed by atoms with van der Waals surface area (Å²) in [5.41, 5.74) is 2.19. The third-order valence-electron chi connectivity index (χ3n) is 2.87. The Morgan fingerprint density at radius 1 is 1.25 bits per heavy atom. The van der Waals surface area contributed by atoms with Crippen LogP contribution in [0.4, 0.5) is 0 Å². The number of benzene rings is 1. The molecule has 0 unspecified atom stereocenters. The summed E-state index contributed by atoms with van der Waals surface area (Å²) in [5.74, 6) is 0. The topological polar surface area (TPSA) is 52.0 Å². The summed E-state index contributed by atoms with van der Waals surface area (Å²) in [6.45, 7) is 3.90. The van der Waals surface area contributed by atoms with Gasteiger partial charge in [-0.3, -0.25) is 0 Å². The molecule has 20 heavy (non-hydrogen) atoms. The smallest absolute Gasteiger partial charge is 0.221 e. The molecule has 0 saturated carbocycles. The second-order valence-corrected chi connectivity index (χ2v) is 7.36. The molecule has 108 valence electrons. The highest BCUT2D eigenvalue weighted by molar-refractivity contribution is 8.13. The molecule has 2 rings (SSSR count). The van der Waals surface area contributed by atoms with Gasteiger partial charge in [0.05, 0.1) is 11.4 Å². The van der Waals surface area contributed by atoms with Crippen molar-refractivity contribution in [2.45, 2.75) is 31.6 Å². The van der Waals surface area contributed by atoms with Crippen molar-refractivity contribution in [3.63, 3.8) is 0 Å². The molecule has 1 heterocycles. The van der Waals surface area contributed by atoms with E-state index in [4.69, 9.17) is 22.3 Å². The van der Waals surface area contributed by atoms with Gasteiger partial charge in [0, 0.05) is 10.7 Å². The molecule has 0 saturated heterocycles. The van der Waals surface area contributed by atoms with Gasteiger partial charge in [-0.05, 0) is 25.5 Å². The molecule has 1 aromatic heterocycles. The molecule has 0 spiro atoms. The average molecular weight is 333 g/mol. The van der Waals surface area contributed by atoms with Crippen LogP contribution in [0.1, 0.15) is 24.6 Å². The SMILES string of the molecule is CCCc1nn(-c2ccc(C)cc2)c(Cl)c1S(=O)(=O)Cl. The highest BCUT2D eigenvalue weighted by Crippen LogP contribution is 2.31. The summed E-state index contributed by atoms with van der Waals surface area (Å²) in [7, 11) is 1.54. The lowest BCUT2D eigenvalue weighted by Crippen LogP contribution is -1.97. The van der Waals surface area contributed by atoms with E-state index in [-0.39, 0.29) is 10.0 Å². The van der Waals surface area contributed by atoms with Gasteiger partial charge in [0.1, 0.15) is 4.90 Å². The lowest BCUT2D eigenvalue weighted by atomic mass is 10.2. The zero-order chi connectivity index (χ0) is 14.9. The molecule has 0 aliphatic heterocycles. The van der Waals surface area contributed by atoms with Gasteiger partial charge in [0.25, 0.3) is 9.05 Å². The third-order valence-corrected chi connectivity index (χ3v) is 4.71. The van der Waals surface area contributed by atoms with Gasteiger partial charge >= 0.3 is 0 Å². The first-order chi connectivity index (χ1) is 9.34. The van der Waals surface area contributed by atoms with Crippen molar-refractivity contribution in [3.8, 4) is 5.69 Å². The number of aromatic nitrogens is 2. The Morgan fingerprint density at radius 3 is 2.35 bits per heavy atom. The van der Waals surface area contributed by atoms with Gasteiger partial charge in [-0.15, -0.1) is 0 Å². The van der Waals surface area contributed by atoms with Crippen LogP contribution < -0.4 is 0 Å². The molecule has 0 N–H and O–H groups in total. The maximum absolute atomic E-state index is 11.7. The minimum Gasteiger partial charge on any atom is -0.221 e. The maximum atomic E-state index is 11.7. The number of halogens is 2. The van der Waals surface area contributed by atoms with E-state index in [1.165, 1.54) is 4.68 Å². The minimum absolute atomic E-state index is 0.0207. The molecule has 0 atom stereocenters. The van der Waals surface area contributed by atoms with Crippen molar-refractivity contribution in [3.05, 3.63) is 40.7 Å². The van der Waals surface area contributed by atoms with E-state index in [1.54, 1.807) is 0 Å². The number of aryl methyl sites for hydroxylation is 2. The van der Waals surface area contributed by atoms with Gasteiger partial charge in [0.15, 0.2) is 5.15 Å². The second kappa shape index (κ2) is 5.76. The Bertz CT molecular complexity index is 722. The molecule has 0 fully saturated rings. The Labute approximate surface area is 127 Å². The van der Waals surface area contributed by atoms with Crippen molar-refractivity contribution < 1.29 is 8.42 Å². The molecule has 2 aromatic rings. The van der Waals surface area contributed by atoms with Crippen molar-refractivity contribution in [2.24, 2.45) is 0 Å². The van der Waals surface area contributed by atoms with Crippen LogP contribution in [-0.4, -0.2) is 18.2 Å². The molecule has 0 aliphatic carbocycles. The van der Waals surface area contributed by atoms with Gasteiger partial charge in [-0.2, -0.15) is 5.10 Å². The van der Waals surface area contributed by atoms with Gasteiger partial charge in [-0.25, -0.2) is 13.1 Å². The summed E-state index contributed by atoms with van der Waals surface area (Å²) in [4.78, 5) is -0.0942. The first kappa shape index (κ1) is 15.4. The minimum atomic E-state index is -3.92. The molecular weight excluding hydrogens is 319 g/mol. The molecule has 4 nitrogen and oxygen atoms in total. The predicted octanol–water partition coefficient (Wildman–Crippen LogP) is 3.71. The van der Waals surface area contributed by atoms with Crippen LogP contribution in [0.25, 0.3) is 5.69 Å². The van der Waals surface area contributed by atoms with E-state index in [0.29, 0.717) is 17.8 Å². The number of nitrogens with zero attached hydrogens (tertiary/aromatic N) is 2. The average Bonchev–Trinajstić information content (AvgIpc) is 2.67. The van der Waals surface area contributed by atoms with E-state index in [1.807, 2.05) is 38.1 Å². The van der Waals surface area contributed by atoms with Gasteiger partial charge < -0.3 is 0 Å². The zero-order valence-corrected chi connectivity index (χ0v) is 13.4. The van der Waals surface area contributed by atoms with E-state index in [0.717, 1.165) is 12.0 Å². The summed E-state index contributed by atoms with van der Waals surface area (Å²) in [6, 6.07) is 7.46. The van der Waals surface area contributed by atoms with E-state index >= 15 is 0 Å². The highest BCUT2D eigenvalue weighted by atomic mass is 35.7. The number of hydrogen-bond acceptors (Lipinski definition) is 3. The van der Waals surface area contributed by atoms with Gasteiger partial charge in [-0.1, -0.05) is 42.6 Å². The fraction of sp³-hybridized carbons (Fsp3) is 0.308. The van der Waals surface area contributed by atoms with Crippen LogP contribution in [0.5, 0.6) is 0 Å². The van der Waals surface area contributed by atoms with Crippen molar-refractivity contribution in [2.75, 3.05) is 0 Å². The van der Waals surface area contributed by atoms with Crippen molar-refractivity contribution in [1.29, 1.82) is 0 Å². The fourth-order valence-electron chi connectivity index (χ4n) is 1.92. The first-order valence-corrected chi connectivity index (χ1v) is 8.82. The van der Waals surface area contributed by atoms with Crippen LogP contribution in [0.3, 0.4) is 0 Å². The lowest BCUT2D eigenvalue weighted by Gasteiger charge is -2.03. The standard InChI is InChI=1S/C13H14Cl2N2O2S/c1-3-4-11-12(20(15,18)19)13(14)17(16-11)10-7-5-9(2)6-8-10/h5-8H,3-4H2,1-2H3. The summed E-state index contributed by atoms with van der Waals surface area (Å²) < 4.78 is 24.8. The summed E-state index contributed by atoms with van der Waals surface area (Å²) in [6.07, 6.45) is 1.25. The zero-order valence-electron chi connectivity index (χ0n) is 11.1. The number of hydrogen-bond donors (Lipinski definition) is 0. The van der Waals surface area contributed by atoms with E-state index in [2.05, 4.69) is 5.10 Å². The van der Waals surface area contributed by atoms with Crippen LogP contribution in [-0.2, 0) is 15.5 Å². The third kappa shape index (κ3) is 3.00. The normalized spacial score (nSPS) is 11.8. The van der Waals surface area contributed by atoms with Crippen molar-refractivity contribution >= 4 is 31.3 Å². The first-order valence-electron chi connectivity index (χ1n) is 6.13. The van der Waals surface area contributed by atoms with Gasteiger partial charge in [0.2, 0.25) is 0 Å². The monoisotopic (exact) mass is 332 g/mol. The van der Waals surface area contributed by atoms with E-state index < -0.39 is 9.05 Å². The molecule has 7 heteroatoms. The Balaban J connectivity index is 2.64. The molecule has 1 aromatic carbocycles. The maximum Gasteiger partial charge on any atom is 0.266 e. The lowest BCUT2D eigenvalue weighted by molar-refractivity contribution is 0.608. The molecular formula is C13H14Cl2N2O2S. The summed E-state index contributed by atoms with van der Waals surface area (Å²) >= 11 is 6.16.